The molecule has 5 heteroatoms. The van der Waals surface area contributed by atoms with Crippen LogP contribution in [-0.4, -0.2) is 28.5 Å². The van der Waals surface area contributed by atoms with E-state index in [4.69, 9.17) is 0 Å². The second-order valence-electron chi connectivity index (χ2n) is 5.25. The molecule has 4 rings (SSSR count). The van der Waals surface area contributed by atoms with Crippen molar-refractivity contribution in [3.63, 3.8) is 0 Å². The molecule has 5 nitrogen and oxygen atoms in total. The number of nitrogens with zero attached hydrogens (tertiary/aromatic N) is 3. The summed E-state index contributed by atoms with van der Waals surface area (Å²) in [7, 11) is 0. The van der Waals surface area contributed by atoms with E-state index >= 15 is 0 Å². The van der Waals surface area contributed by atoms with Crippen LogP contribution in [0.3, 0.4) is 0 Å². The molecule has 1 unspecified atom stereocenters. The van der Waals surface area contributed by atoms with Crippen molar-refractivity contribution in [2.45, 2.75) is 12.5 Å². The molecule has 0 saturated heterocycles. The molecule has 2 aliphatic rings. The molecule has 22 heavy (non-hydrogen) atoms. The predicted molar refractivity (Wildman–Crippen MR) is 84.3 cm³/mol. The van der Waals surface area contributed by atoms with Gasteiger partial charge in [-0.3, -0.25) is 4.79 Å². The minimum absolute atomic E-state index is 0.116. The largest absolute Gasteiger partial charge is 0.271 e. The zero-order valence-electron chi connectivity index (χ0n) is 11.8. The molecule has 0 bridgehead atoms. The van der Waals surface area contributed by atoms with Crippen molar-refractivity contribution in [3.05, 3.63) is 71.8 Å². The van der Waals surface area contributed by atoms with Crippen molar-refractivity contribution in [1.82, 2.24) is 10.4 Å². The van der Waals surface area contributed by atoms with Crippen molar-refractivity contribution in [2.75, 3.05) is 0 Å². The topological polar surface area (TPSA) is 57.1 Å². The molecule has 0 aromatic heterocycles. The highest BCUT2D eigenvalue weighted by molar-refractivity contribution is 6.11. The quantitative estimate of drug-likeness (QED) is 0.919. The van der Waals surface area contributed by atoms with Crippen LogP contribution in [0.4, 0.5) is 0 Å². The number of hydrogen-bond acceptors (Lipinski definition) is 4. The fourth-order valence-electron chi connectivity index (χ4n) is 2.73. The second-order valence-corrected chi connectivity index (χ2v) is 5.25. The Balaban J connectivity index is 1.74. The van der Waals surface area contributed by atoms with E-state index in [-0.39, 0.29) is 11.9 Å². The van der Waals surface area contributed by atoms with Crippen LogP contribution in [0.15, 0.2) is 70.9 Å². The third-order valence-electron chi connectivity index (χ3n) is 3.84. The van der Waals surface area contributed by atoms with E-state index in [0.717, 1.165) is 16.8 Å². The standard InChI is InChI=1S/C17H14N4O/c22-17-15-11-14(12-7-3-1-4-8-12)20-21(15)16(18-19-17)13-9-5-2-6-10-13/h1-10,15H,11H2,(H,19,22). The molecule has 2 heterocycles. The first-order valence-corrected chi connectivity index (χ1v) is 7.18. The van der Waals surface area contributed by atoms with Crippen LogP contribution in [0.25, 0.3) is 0 Å². The van der Waals surface area contributed by atoms with Crippen LogP contribution in [0.1, 0.15) is 17.5 Å². The van der Waals surface area contributed by atoms with E-state index in [1.807, 2.05) is 60.7 Å². The third kappa shape index (κ3) is 2.07. The average Bonchev–Trinajstić information content (AvgIpc) is 3.03. The molecule has 2 aliphatic heterocycles. The first-order chi connectivity index (χ1) is 10.8. The number of hydrazone groups is 2. The first-order valence-electron chi connectivity index (χ1n) is 7.18. The van der Waals surface area contributed by atoms with Gasteiger partial charge in [-0.05, 0) is 5.56 Å². The van der Waals surface area contributed by atoms with Gasteiger partial charge in [0, 0.05) is 12.0 Å². The lowest BCUT2D eigenvalue weighted by Crippen LogP contribution is -2.49. The molecular formula is C17H14N4O. The Morgan fingerprint density at radius 3 is 2.27 bits per heavy atom. The third-order valence-corrected chi connectivity index (χ3v) is 3.84. The van der Waals surface area contributed by atoms with Gasteiger partial charge in [-0.1, -0.05) is 60.7 Å². The van der Waals surface area contributed by atoms with Crippen molar-refractivity contribution in [1.29, 1.82) is 0 Å². The van der Waals surface area contributed by atoms with Gasteiger partial charge in [0.05, 0.1) is 5.71 Å². The van der Waals surface area contributed by atoms with E-state index in [9.17, 15) is 4.79 Å². The maximum Gasteiger partial charge on any atom is 0.265 e. The molecule has 1 N–H and O–H groups in total. The Hall–Kier alpha value is -2.95. The highest BCUT2D eigenvalue weighted by Crippen LogP contribution is 2.24. The molecule has 0 aliphatic carbocycles. The summed E-state index contributed by atoms with van der Waals surface area (Å²) in [5.74, 6) is 0.561. The molecular weight excluding hydrogens is 276 g/mol. The van der Waals surface area contributed by atoms with E-state index in [1.165, 1.54) is 0 Å². The van der Waals surface area contributed by atoms with E-state index in [2.05, 4.69) is 15.6 Å². The SMILES string of the molecule is O=C1NN=C(c2ccccc2)N2N=C(c3ccccc3)CC12. The molecule has 2 aromatic carbocycles. The van der Waals surface area contributed by atoms with Gasteiger partial charge in [0.1, 0.15) is 6.04 Å². The Kier molecular flexibility index (Phi) is 2.96. The summed E-state index contributed by atoms with van der Waals surface area (Å²) in [6.45, 7) is 0. The Morgan fingerprint density at radius 2 is 1.59 bits per heavy atom. The number of hydrogen-bond donors (Lipinski definition) is 1. The Bertz CT molecular complexity index is 768. The smallest absolute Gasteiger partial charge is 0.265 e. The molecule has 2 aromatic rings. The maximum atomic E-state index is 12.1. The van der Waals surface area contributed by atoms with Gasteiger partial charge in [0.15, 0.2) is 5.84 Å². The lowest BCUT2D eigenvalue weighted by Gasteiger charge is -2.27. The van der Waals surface area contributed by atoms with Crippen LogP contribution in [-0.2, 0) is 4.79 Å². The number of carbonyl (C=O) groups is 1. The molecule has 1 atom stereocenters. The molecule has 108 valence electrons. The van der Waals surface area contributed by atoms with Gasteiger partial charge in [0.25, 0.3) is 5.91 Å². The van der Waals surface area contributed by atoms with Gasteiger partial charge >= 0.3 is 0 Å². The van der Waals surface area contributed by atoms with E-state index in [0.29, 0.717) is 12.3 Å². The predicted octanol–water partition coefficient (Wildman–Crippen LogP) is 1.96. The molecule has 0 saturated carbocycles. The maximum absolute atomic E-state index is 12.1. The number of amides is 1. The molecule has 0 fully saturated rings. The zero-order valence-corrected chi connectivity index (χ0v) is 11.8. The second kappa shape index (κ2) is 5.11. The Morgan fingerprint density at radius 1 is 0.955 bits per heavy atom. The summed E-state index contributed by atoms with van der Waals surface area (Å²) in [5.41, 5.74) is 5.49. The normalized spacial score (nSPS) is 20.1. The highest BCUT2D eigenvalue weighted by Gasteiger charge is 2.39. The van der Waals surface area contributed by atoms with Gasteiger partial charge in [-0.2, -0.15) is 10.2 Å². The van der Waals surface area contributed by atoms with Crippen LogP contribution in [0.5, 0.6) is 0 Å². The lowest BCUT2D eigenvalue weighted by atomic mass is 10.0. The highest BCUT2D eigenvalue weighted by atomic mass is 16.2. The number of nitrogens with one attached hydrogen (secondary N) is 1. The van der Waals surface area contributed by atoms with Gasteiger partial charge in [0.2, 0.25) is 0 Å². The van der Waals surface area contributed by atoms with E-state index in [1.54, 1.807) is 5.01 Å². The van der Waals surface area contributed by atoms with Crippen molar-refractivity contribution in [2.24, 2.45) is 10.2 Å². The van der Waals surface area contributed by atoms with Crippen molar-refractivity contribution in [3.8, 4) is 0 Å². The number of fused-ring (bicyclic) bond motifs is 1. The van der Waals surface area contributed by atoms with Crippen LogP contribution in [0.2, 0.25) is 0 Å². The van der Waals surface area contributed by atoms with Crippen molar-refractivity contribution < 1.29 is 4.79 Å². The monoisotopic (exact) mass is 290 g/mol. The number of benzene rings is 2. The molecule has 0 spiro atoms. The Labute approximate surface area is 128 Å². The first kappa shape index (κ1) is 12.8. The van der Waals surface area contributed by atoms with Crippen LogP contribution < -0.4 is 5.43 Å². The summed E-state index contributed by atoms with van der Waals surface area (Å²) in [4.78, 5) is 12.1. The summed E-state index contributed by atoms with van der Waals surface area (Å²) >= 11 is 0. The zero-order chi connectivity index (χ0) is 14.9. The molecule has 1 amide bonds. The van der Waals surface area contributed by atoms with Crippen LogP contribution in [0, 0.1) is 0 Å². The van der Waals surface area contributed by atoms with Crippen LogP contribution >= 0.6 is 0 Å². The summed E-state index contributed by atoms with van der Waals surface area (Å²) in [5, 5.41) is 10.6. The summed E-state index contributed by atoms with van der Waals surface area (Å²) < 4.78 is 0. The summed E-state index contributed by atoms with van der Waals surface area (Å²) in [6.07, 6.45) is 0.585. The fraction of sp³-hybridized carbons (Fsp3) is 0.118. The number of carbonyl (C=O) groups excluding carboxylic acids is 1. The average molecular weight is 290 g/mol. The number of amidine groups is 1. The minimum Gasteiger partial charge on any atom is -0.271 e. The number of rotatable bonds is 2. The lowest BCUT2D eigenvalue weighted by molar-refractivity contribution is -0.125. The van der Waals surface area contributed by atoms with Crippen molar-refractivity contribution >= 4 is 17.5 Å². The van der Waals surface area contributed by atoms with Gasteiger partial charge < -0.3 is 0 Å². The minimum atomic E-state index is -0.331. The summed E-state index contributed by atoms with van der Waals surface area (Å²) in [6, 6.07) is 19.4. The van der Waals surface area contributed by atoms with E-state index < -0.39 is 0 Å². The van der Waals surface area contributed by atoms with Gasteiger partial charge in [-0.15, -0.1) is 0 Å². The fourth-order valence-corrected chi connectivity index (χ4v) is 2.73. The van der Waals surface area contributed by atoms with Gasteiger partial charge in [-0.25, -0.2) is 10.4 Å². The molecule has 0 radical (unpaired) electrons.